The lowest BCUT2D eigenvalue weighted by atomic mass is 10.1. The minimum atomic E-state index is -4.17. The Bertz CT molecular complexity index is 631. The number of hydrogen-bond acceptors (Lipinski definition) is 2. The first kappa shape index (κ1) is 18.0. The van der Waals surface area contributed by atoms with Crippen LogP contribution < -0.4 is 10.6 Å². The predicted octanol–water partition coefficient (Wildman–Crippen LogP) is 2.48. The lowest BCUT2D eigenvalue weighted by Gasteiger charge is -2.20. The molecule has 3 rings (SSSR count). The van der Waals surface area contributed by atoms with Crippen LogP contribution in [0, 0.1) is 5.82 Å². The third-order valence-electron chi connectivity index (χ3n) is 4.66. The number of likely N-dealkylation sites (tertiary alicyclic amines) is 1. The highest BCUT2D eigenvalue weighted by atomic mass is 19.4. The van der Waals surface area contributed by atoms with Gasteiger partial charge in [-0.05, 0) is 24.5 Å². The van der Waals surface area contributed by atoms with Crippen molar-refractivity contribution in [1.82, 2.24) is 15.5 Å². The number of hydrogen-bond donors (Lipinski definition) is 2. The van der Waals surface area contributed by atoms with Gasteiger partial charge in [-0.2, -0.15) is 13.2 Å². The maximum absolute atomic E-state index is 13.8. The molecule has 3 atom stereocenters. The molecule has 1 aliphatic carbocycles. The summed E-state index contributed by atoms with van der Waals surface area (Å²) in [6.45, 7) is -0.133. The van der Waals surface area contributed by atoms with E-state index in [0.717, 1.165) is 6.42 Å². The molecule has 0 spiro atoms. The molecule has 1 aromatic rings. The molecule has 1 saturated carbocycles. The Morgan fingerprint density at radius 1 is 1.28 bits per heavy atom. The SMILES string of the molecule is CN=C(NC1CCN(CC(F)(F)F)C1)NC1CC1c1ccccc1F. The van der Waals surface area contributed by atoms with E-state index in [2.05, 4.69) is 15.6 Å². The predicted molar refractivity (Wildman–Crippen MR) is 88.1 cm³/mol. The second kappa shape index (κ2) is 7.19. The van der Waals surface area contributed by atoms with Gasteiger partial charge >= 0.3 is 6.18 Å². The number of halogens is 4. The van der Waals surface area contributed by atoms with Gasteiger partial charge < -0.3 is 10.6 Å². The molecule has 0 radical (unpaired) electrons. The number of aliphatic imine (C=N–C) groups is 1. The zero-order valence-electron chi connectivity index (χ0n) is 14.0. The summed E-state index contributed by atoms with van der Waals surface area (Å²) in [6.07, 6.45) is -2.72. The van der Waals surface area contributed by atoms with Crippen LogP contribution >= 0.6 is 0 Å². The molecule has 1 aromatic carbocycles. The van der Waals surface area contributed by atoms with Crippen LogP contribution in [-0.4, -0.2) is 55.8 Å². The number of alkyl halides is 3. The summed E-state index contributed by atoms with van der Waals surface area (Å²) >= 11 is 0. The Morgan fingerprint density at radius 2 is 2.04 bits per heavy atom. The zero-order valence-corrected chi connectivity index (χ0v) is 14.0. The van der Waals surface area contributed by atoms with Crippen molar-refractivity contribution in [2.24, 2.45) is 4.99 Å². The van der Waals surface area contributed by atoms with Crippen LogP contribution in [0.1, 0.15) is 24.3 Å². The van der Waals surface area contributed by atoms with Crippen LogP contribution in [0.2, 0.25) is 0 Å². The number of nitrogens with one attached hydrogen (secondary N) is 2. The van der Waals surface area contributed by atoms with Gasteiger partial charge in [0.1, 0.15) is 5.82 Å². The molecule has 1 heterocycles. The molecule has 2 aliphatic rings. The number of nitrogens with zero attached hydrogens (tertiary/aromatic N) is 2. The summed E-state index contributed by atoms with van der Waals surface area (Å²) in [5.41, 5.74) is 0.688. The Balaban J connectivity index is 1.48. The van der Waals surface area contributed by atoms with E-state index < -0.39 is 12.7 Å². The maximum Gasteiger partial charge on any atom is 0.401 e. The van der Waals surface area contributed by atoms with Gasteiger partial charge in [-0.25, -0.2) is 4.39 Å². The number of rotatable bonds is 4. The maximum atomic E-state index is 13.8. The summed E-state index contributed by atoms with van der Waals surface area (Å²) in [5, 5.41) is 6.41. The van der Waals surface area contributed by atoms with Gasteiger partial charge in [0.15, 0.2) is 5.96 Å². The van der Waals surface area contributed by atoms with Gasteiger partial charge in [-0.3, -0.25) is 9.89 Å². The van der Waals surface area contributed by atoms with Crippen LogP contribution in [0.3, 0.4) is 0 Å². The second-order valence-corrected chi connectivity index (χ2v) is 6.67. The van der Waals surface area contributed by atoms with Crippen LogP contribution in [0.15, 0.2) is 29.3 Å². The van der Waals surface area contributed by atoms with Crippen molar-refractivity contribution < 1.29 is 17.6 Å². The van der Waals surface area contributed by atoms with E-state index in [1.54, 1.807) is 19.2 Å². The first-order chi connectivity index (χ1) is 11.9. The minimum Gasteiger partial charge on any atom is -0.353 e. The summed E-state index contributed by atoms with van der Waals surface area (Å²) in [4.78, 5) is 5.53. The Hall–Kier alpha value is -1.83. The first-order valence-corrected chi connectivity index (χ1v) is 8.39. The zero-order chi connectivity index (χ0) is 18.0. The van der Waals surface area contributed by atoms with Crippen molar-refractivity contribution >= 4 is 5.96 Å². The highest BCUT2D eigenvalue weighted by molar-refractivity contribution is 5.81. The second-order valence-electron chi connectivity index (χ2n) is 6.67. The molecular weight excluding hydrogens is 336 g/mol. The quantitative estimate of drug-likeness (QED) is 0.494. The van der Waals surface area contributed by atoms with E-state index in [1.165, 1.54) is 11.0 Å². The molecule has 1 saturated heterocycles. The van der Waals surface area contributed by atoms with Crippen LogP contribution in [0.25, 0.3) is 0 Å². The molecular formula is C17H22F4N4. The van der Waals surface area contributed by atoms with E-state index in [4.69, 9.17) is 0 Å². The van der Waals surface area contributed by atoms with Crippen molar-refractivity contribution in [3.63, 3.8) is 0 Å². The molecule has 4 nitrogen and oxygen atoms in total. The van der Waals surface area contributed by atoms with E-state index in [9.17, 15) is 17.6 Å². The van der Waals surface area contributed by atoms with Crippen LogP contribution in [-0.2, 0) is 0 Å². The molecule has 0 amide bonds. The van der Waals surface area contributed by atoms with Crippen molar-refractivity contribution in [2.75, 3.05) is 26.7 Å². The molecule has 1 aliphatic heterocycles. The fraction of sp³-hybridized carbons (Fsp3) is 0.588. The van der Waals surface area contributed by atoms with E-state index >= 15 is 0 Å². The Morgan fingerprint density at radius 3 is 2.72 bits per heavy atom. The molecule has 0 bridgehead atoms. The molecule has 8 heteroatoms. The van der Waals surface area contributed by atoms with Crippen molar-refractivity contribution in [1.29, 1.82) is 0 Å². The fourth-order valence-electron chi connectivity index (χ4n) is 3.36. The summed E-state index contributed by atoms with van der Waals surface area (Å²) in [5.74, 6) is 0.450. The van der Waals surface area contributed by atoms with E-state index in [-0.39, 0.29) is 23.8 Å². The van der Waals surface area contributed by atoms with Crippen molar-refractivity contribution in [2.45, 2.75) is 37.0 Å². The van der Waals surface area contributed by atoms with Crippen LogP contribution in [0.5, 0.6) is 0 Å². The first-order valence-electron chi connectivity index (χ1n) is 8.39. The topological polar surface area (TPSA) is 39.7 Å². The number of guanidine groups is 1. The van der Waals surface area contributed by atoms with Gasteiger partial charge in [0, 0.05) is 38.1 Å². The van der Waals surface area contributed by atoms with Gasteiger partial charge in [-0.15, -0.1) is 0 Å². The van der Waals surface area contributed by atoms with Gasteiger partial charge in [0.2, 0.25) is 0 Å². The summed E-state index contributed by atoms with van der Waals surface area (Å²) in [6, 6.07) is 6.73. The molecule has 3 unspecified atom stereocenters. The van der Waals surface area contributed by atoms with E-state index in [0.29, 0.717) is 31.0 Å². The normalized spacial score (nSPS) is 27.4. The lowest BCUT2D eigenvalue weighted by Crippen LogP contribution is -2.46. The Labute approximate surface area is 144 Å². The molecule has 138 valence electrons. The van der Waals surface area contributed by atoms with Crippen LogP contribution in [0.4, 0.5) is 17.6 Å². The Kier molecular flexibility index (Phi) is 5.17. The average molecular weight is 358 g/mol. The van der Waals surface area contributed by atoms with Gasteiger partial charge in [0.25, 0.3) is 0 Å². The van der Waals surface area contributed by atoms with Crippen molar-refractivity contribution in [3.05, 3.63) is 35.6 Å². The highest BCUT2D eigenvalue weighted by Crippen LogP contribution is 2.41. The van der Waals surface area contributed by atoms with Gasteiger partial charge in [0.05, 0.1) is 6.54 Å². The fourth-order valence-corrected chi connectivity index (χ4v) is 3.36. The highest BCUT2D eigenvalue weighted by Gasteiger charge is 2.41. The van der Waals surface area contributed by atoms with Gasteiger partial charge in [-0.1, -0.05) is 18.2 Å². The monoisotopic (exact) mass is 358 g/mol. The molecule has 2 fully saturated rings. The third-order valence-corrected chi connectivity index (χ3v) is 4.66. The van der Waals surface area contributed by atoms with E-state index in [1.807, 2.05) is 6.07 Å². The molecule has 0 aromatic heterocycles. The molecule has 2 N–H and O–H groups in total. The third kappa shape index (κ3) is 4.84. The smallest absolute Gasteiger partial charge is 0.353 e. The minimum absolute atomic E-state index is 0.0702. The summed E-state index contributed by atoms with van der Waals surface area (Å²) < 4.78 is 51.2. The number of benzene rings is 1. The standard InChI is InChI=1S/C17H22F4N4/c1-22-16(23-11-6-7-25(9-11)10-17(19,20)21)24-15-8-13(15)12-4-2-3-5-14(12)18/h2-5,11,13,15H,6-10H2,1H3,(H2,22,23,24). The molecule has 25 heavy (non-hydrogen) atoms. The summed E-state index contributed by atoms with van der Waals surface area (Å²) in [7, 11) is 1.62. The average Bonchev–Trinajstić information content (AvgIpc) is 3.16. The largest absolute Gasteiger partial charge is 0.401 e. The van der Waals surface area contributed by atoms with Crippen molar-refractivity contribution in [3.8, 4) is 0 Å². The lowest BCUT2D eigenvalue weighted by molar-refractivity contribution is -0.143.